The maximum Gasteiger partial charge on any atom is 0.111 e. The summed E-state index contributed by atoms with van der Waals surface area (Å²) in [4.78, 5) is 4.85. The summed E-state index contributed by atoms with van der Waals surface area (Å²) >= 11 is 0. The van der Waals surface area contributed by atoms with Crippen LogP contribution in [-0.4, -0.2) is 9.55 Å². The Hall–Kier alpha value is -5.99. The van der Waals surface area contributed by atoms with Crippen molar-refractivity contribution in [2.75, 3.05) is 0 Å². The lowest BCUT2D eigenvalue weighted by atomic mass is 9.84. The van der Waals surface area contributed by atoms with Gasteiger partial charge in [0.1, 0.15) is 5.82 Å². The molecule has 0 spiro atoms. The Morgan fingerprint density at radius 2 is 0.978 bits per heavy atom. The first kappa shape index (κ1) is 25.3. The largest absolute Gasteiger partial charge is 0.297 e. The second-order valence-electron chi connectivity index (χ2n) is 12.3. The summed E-state index contributed by atoms with van der Waals surface area (Å²) in [7, 11) is 0. The Kier molecular flexibility index (Phi) is 5.24. The van der Waals surface area contributed by atoms with Crippen LogP contribution < -0.4 is 0 Å². The number of aromatic nitrogens is 2. The van der Waals surface area contributed by atoms with Gasteiger partial charge in [0.05, 0.1) is 11.0 Å². The molecule has 1 heterocycles. The third-order valence-corrected chi connectivity index (χ3v) is 9.87. The van der Waals surface area contributed by atoms with Crippen molar-refractivity contribution in [2.45, 2.75) is 6.92 Å². The van der Waals surface area contributed by atoms with Gasteiger partial charge in [-0.15, -0.1) is 0 Å². The van der Waals surface area contributed by atoms with Crippen molar-refractivity contribution in [3.63, 3.8) is 0 Å². The van der Waals surface area contributed by atoms with Crippen LogP contribution in [0.1, 0.15) is 5.82 Å². The number of hydrogen-bond donors (Lipinski definition) is 0. The molecular weight excluding hydrogens is 556 g/mol. The van der Waals surface area contributed by atoms with Gasteiger partial charge in [0.25, 0.3) is 0 Å². The van der Waals surface area contributed by atoms with Crippen LogP contribution in [0.4, 0.5) is 0 Å². The fourth-order valence-corrected chi connectivity index (χ4v) is 8.03. The van der Waals surface area contributed by atoms with Crippen LogP contribution >= 0.6 is 0 Å². The van der Waals surface area contributed by atoms with Crippen molar-refractivity contribution in [2.24, 2.45) is 0 Å². The van der Waals surface area contributed by atoms with E-state index < -0.39 is 0 Å². The molecule has 0 saturated carbocycles. The molecule has 1 aliphatic rings. The summed E-state index contributed by atoms with van der Waals surface area (Å²) in [6, 6.07) is 55.5. The fraction of sp³-hybridized carbons (Fsp3) is 0.0227. The highest BCUT2D eigenvalue weighted by Crippen LogP contribution is 2.51. The van der Waals surface area contributed by atoms with E-state index in [-0.39, 0.29) is 0 Å². The molecular formula is C44H28N2. The number of hydrogen-bond acceptors (Lipinski definition) is 1. The Bertz CT molecular complexity index is 2620. The molecule has 1 aliphatic carbocycles. The van der Waals surface area contributed by atoms with E-state index in [1.807, 2.05) is 0 Å². The van der Waals surface area contributed by atoms with Crippen LogP contribution in [0, 0.1) is 6.92 Å². The Balaban J connectivity index is 1.27. The van der Waals surface area contributed by atoms with Crippen molar-refractivity contribution in [1.82, 2.24) is 9.55 Å². The molecule has 2 heteroatoms. The van der Waals surface area contributed by atoms with Crippen LogP contribution in [0.25, 0.3) is 93.5 Å². The first-order valence-corrected chi connectivity index (χ1v) is 15.9. The number of aryl methyl sites for hydroxylation is 1. The van der Waals surface area contributed by atoms with Gasteiger partial charge in [-0.05, 0) is 108 Å². The normalized spacial score (nSPS) is 12.0. The Morgan fingerprint density at radius 3 is 1.72 bits per heavy atom. The molecule has 0 amide bonds. The highest BCUT2D eigenvalue weighted by Gasteiger charge is 2.24. The molecule has 46 heavy (non-hydrogen) atoms. The molecule has 9 aromatic rings. The van der Waals surface area contributed by atoms with E-state index in [4.69, 9.17) is 4.98 Å². The van der Waals surface area contributed by atoms with E-state index >= 15 is 0 Å². The van der Waals surface area contributed by atoms with Crippen molar-refractivity contribution >= 4 is 43.4 Å². The highest BCUT2D eigenvalue weighted by molar-refractivity contribution is 6.26. The first-order chi connectivity index (χ1) is 22.8. The number of benzene rings is 8. The SMILES string of the molecule is Cc1nc2ccccc2n1-c1cccc(-c2c3ccccc3c(-c3ccc4c5c(cccc35)-c3ccccc3-4)c3ccccc23)c1. The summed E-state index contributed by atoms with van der Waals surface area (Å²) in [6.07, 6.45) is 0. The average molecular weight is 585 g/mol. The topological polar surface area (TPSA) is 17.8 Å². The van der Waals surface area contributed by atoms with Gasteiger partial charge in [-0.1, -0.05) is 127 Å². The van der Waals surface area contributed by atoms with Crippen LogP contribution in [0.5, 0.6) is 0 Å². The molecule has 10 rings (SSSR count). The summed E-state index contributed by atoms with van der Waals surface area (Å²) in [5, 5.41) is 7.70. The lowest BCUT2D eigenvalue weighted by Crippen LogP contribution is -1.97. The minimum atomic E-state index is 0.984. The van der Waals surface area contributed by atoms with E-state index in [2.05, 4.69) is 163 Å². The average Bonchev–Trinajstić information content (AvgIpc) is 3.62. The second kappa shape index (κ2) is 9.50. The zero-order chi connectivity index (χ0) is 30.4. The molecule has 0 bridgehead atoms. The summed E-state index contributed by atoms with van der Waals surface area (Å²) in [6.45, 7) is 2.09. The first-order valence-electron chi connectivity index (χ1n) is 15.9. The zero-order valence-electron chi connectivity index (χ0n) is 25.3. The number of para-hydroxylation sites is 2. The van der Waals surface area contributed by atoms with Gasteiger partial charge >= 0.3 is 0 Å². The molecule has 1 aromatic heterocycles. The third-order valence-electron chi connectivity index (χ3n) is 9.87. The maximum atomic E-state index is 4.85. The second-order valence-corrected chi connectivity index (χ2v) is 12.3. The highest BCUT2D eigenvalue weighted by atomic mass is 15.1. The molecule has 0 saturated heterocycles. The molecule has 0 atom stereocenters. The quantitative estimate of drug-likeness (QED) is 0.189. The summed E-state index contributed by atoms with van der Waals surface area (Å²) in [5.41, 5.74) is 13.6. The lowest BCUT2D eigenvalue weighted by Gasteiger charge is -2.19. The monoisotopic (exact) mass is 584 g/mol. The summed E-state index contributed by atoms with van der Waals surface area (Å²) in [5.74, 6) is 0.984. The number of fused-ring (bicyclic) bond motifs is 6. The maximum absolute atomic E-state index is 4.85. The minimum Gasteiger partial charge on any atom is -0.297 e. The molecule has 2 nitrogen and oxygen atoms in total. The van der Waals surface area contributed by atoms with Crippen LogP contribution in [0.3, 0.4) is 0 Å². The predicted molar refractivity (Wildman–Crippen MR) is 194 cm³/mol. The minimum absolute atomic E-state index is 0.984. The van der Waals surface area contributed by atoms with Crippen molar-refractivity contribution in [1.29, 1.82) is 0 Å². The van der Waals surface area contributed by atoms with Gasteiger partial charge in [-0.2, -0.15) is 0 Å². The number of rotatable bonds is 3. The zero-order valence-corrected chi connectivity index (χ0v) is 25.3. The predicted octanol–water partition coefficient (Wildman–Crippen LogP) is 11.8. The van der Waals surface area contributed by atoms with E-state index in [9.17, 15) is 0 Å². The molecule has 214 valence electrons. The Labute approximate surface area is 266 Å². The molecule has 0 radical (unpaired) electrons. The van der Waals surface area contributed by atoms with E-state index in [1.54, 1.807) is 0 Å². The fourth-order valence-electron chi connectivity index (χ4n) is 8.03. The van der Waals surface area contributed by atoms with Gasteiger partial charge in [-0.3, -0.25) is 4.57 Å². The van der Waals surface area contributed by atoms with Gasteiger partial charge < -0.3 is 0 Å². The van der Waals surface area contributed by atoms with Crippen molar-refractivity contribution in [3.8, 4) is 50.2 Å². The molecule has 0 unspecified atom stereocenters. The smallest absolute Gasteiger partial charge is 0.111 e. The Morgan fingerprint density at radius 1 is 0.435 bits per heavy atom. The summed E-state index contributed by atoms with van der Waals surface area (Å²) < 4.78 is 2.27. The molecule has 0 N–H and O–H groups in total. The van der Waals surface area contributed by atoms with E-state index in [0.29, 0.717) is 0 Å². The van der Waals surface area contributed by atoms with Gasteiger partial charge in [-0.25, -0.2) is 4.98 Å². The lowest BCUT2D eigenvalue weighted by molar-refractivity contribution is 1.00. The van der Waals surface area contributed by atoms with Crippen LogP contribution in [0.2, 0.25) is 0 Å². The van der Waals surface area contributed by atoms with Gasteiger partial charge in [0.15, 0.2) is 0 Å². The number of imidazole rings is 1. The van der Waals surface area contributed by atoms with Gasteiger partial charge in [0, 0.05) is 5.69 Å². The van der Waals surface area contributed by atoms with E-state index in [1.165, 1.54) is 76.8 Å². The number of nitrogens with zero attached hydrogens (tertiary/aromatic N) is 2. The molecule has 0 fully saturated rings. The standard InChI is InChI=1S/C44H28N2/c1-27-45-40-22-8-9-23-41(40)46(27)29-13-10-12-28(26-29)42-33-16-4-6-18-35(33)44(36-19-7-5-17-34(36)42)39-25-24-38-31-15-3-2-14-30(31)32-20-11-21-37(39)43(32)38/h2-26H,1H3. The van der Waals surface area contributed by atoms with Crippen molar-refractivity contribution in [3.05, 3.63) is 157 Å². The molecule has 8 aromatic carbocycles. The molecule has 0 aliphatic heterocycles. The van der Waals surface area contributed by atoms with Crippen LogP contribution in [-0.2, 0) is 0 Å². The van der Waals surface area contributed by atoms with Gasteiger partial charge in [0.2, 0.25) is 0 Å². The third kappa shape index (κ3) is 3.44. The van der Waals surface area contributed by atoms with Crippen LogP contribution in [0.15, 0.2) is 152 Å². The van der Waals surface area contributed by atoms with E-state index in [0.717, 1.165) is 22.5 Å². The van der Waals surface area contributed by atoms with Crippen molar-refractivity contribution < 1.29 is 0 Å².